The quantitative estimate of drug-likeness (QED) is 0.913. The lowest BCUT2D eigenvalue weighted by molar-refractivity contribution is 0.0947. The maximum Gasteiger partial charge on any atom is 0.251 e. The van der Waals surface area contributed by atoms with Gasteiger partial charge in [0.25, 0.3) is 5.91 Å². The van der Waals surface area contributed by atoms with E-state index in [2.05, 4.69) is 26.1 Å². The zero-order chi connectivity index (χ0) is 14.1. The molecule has 20 heavy (non-hydrogen) atoms. The standard InChI is InChI=1S/C15H18BrFN2O/c16-13-7-11(1-4-14(13)17)15(20)18-8-10-5-6-19(9-10)12-2-3-12/h1,4,7,10,12H,2-3,5-6,8-9H2,(H,18,20). The van der Waals surface area contributed by atoms with E-state index in [9.17, 15) is 9.18 Å². The molecule has 3 nitrogen and oxygen atoms in total. The van der Waals surface area contributed by atoms with Crippen molar-refractivity contribution in [3.63, 3.8) is 0 Å². The van der Waals surface area contributed by atoms with Crippen LogP contribution in [-0.4, -0.2) is 36.5 Å². The van der Waals surface area contributed by atoms with Crippen LogP contribution in [0.15, 0.2) is 22.7 Å². The Bertz CT molecular complexity index is 519. The summed E-state index contributed by atoms with van der Waals surface area (Å²) in [7, 11) is 0. The lowest BCUT2D eigenvalue weighted by Crippen LogP contribution is -2.31. The van der Waals surface area contributed by atoms with Crippen molar-refractivity contribution in [3.05, 3.63) is 34.1 Å². The zero-order valence-corrected chi connectivity index (χ0v) is 12.8. The van der Waals surface area contributed by atoms with E-state index in [1.165, 1.54) is 31.0 Å². The van der Waals surface area contributed by atoms with Crippen molar-refractivity contribution in [1.82, 2.24) is 10.2 Å². The molecule has 0 bridgehead atoms. The van der Waals surface area contributed by atoms with Crippen molar-refractivity contribution >= 4 is 21.8 Å². The van der Waals surface area contributed by atoms with Crippen LogP contribution in [-0.2, 0) is 0 Å². The van der Waals surface area contributed by atoms with Gasteiger partial charge in [0.2, 0.25) is 0 Å². The number of nitrogens with one attached hydrogen (secondary N) is 1. The van der Waals surface area contributed by atoms with E-state index in [0.717, 1.165) is 25.6 Å². The number of carbonyl (C=O) groups excluding carboxylic acids is 1. The Balaban J connectivity index is 1.50. The summed E-state index contributed by atoms with van der Waals surface area (Å²) in [5, 5.41) is 2.96. The van der Waals surface area contributed by atoms with Crippen molar-refractivity contribution in [2.45, 2.75) is 25.3 Å². The molecule has 1 aromatic rings. The smallest absolute Gasteiger partial charge is 0.251 e. The number of rotatable bonds is 4. The van der Waals surface area contributed by atoms with Gasteiger partial charge in [0, 0.05) is 24.7 Å². The number of amides is 1. The Hall–Kier alpha value is -0.940. The van der Waals surface area contributed by atoms with Crippen molar-refractivity contribution in [2.24, 2.45) is 5.92 Å². The first-order valence-electron chi connectivity index (χ1n) is 7.11. The van der Waals surface area contributed by atoms with Gasteiger partial charge in [-0.2, -0.15) is 0 Å². The van der Waals surface area contributed by atoms with E-state index in [1.54, 1.807) is 0 Å². The molecule has 1 aliphatic carbocycles. The fourth-order valence-corrected chi connectivity index (χ4v) is 3.16. The number of likely N-dealkylation sites (tertiary alicyclic amines) is 1. The summed E-state index contributed by atoms with van der Waals surface area (Å²) in [6.45, 7) is 2.96. The summed E-state index contributed by atoms with van der Waals surface area (Å²) in [5.74, 6) is 0.0661. The molecule has 1 N–H and O–H groups in total. The molecular weight excluding hydrogens is 323 g/mol. The summed E-state index contributed by atoms with van der Waals surface area (Å²) >= 11 is 3.10. The van der Waals surface area contributed by atoms with E-state index >= 15 is 0 Å². The first-order chi connectivity index (χ1) is 9.63. The number of hydrogen-bond donors (Lipinski definition) is 1. The van der Waals surface area contributed by atoms with Crippen LogP contribution in [0.5, 0.6) is 0 Å². The van der Waals surface area contributed by atoms with Gasteiger partial charge in [-0.25, -0.2) is 4.39 Å². The van der Waals surface area contributed by atoms with Crippen molar-refractivity contribution in [1.29, 1.82) is 0 Å². The third-order valence-corrected chi connectivity index (χ3v) is 4.72. The van der Waals surface area contributed by atoms with Crippen LogP contribution >= 0.6 is 15.9 Å². The van der Waals surface area contributed by atoms with Crippen LogP contribution in [0.25, 0.3) is 0 Å². The molecule has 1 amide bonds. The Labute approximate surface area is 126 Å². The normalized spacial score (nSPS) is 23.0. The van der Waals surface area contributed by atoms with Gasteiger partial charge in [0.1, 0.15) is 5.82 Å². The van der Waals surface area contributed by atoms with E-state index in [-0.39, 0.29) is 11.7 Å². The fourth-order valence-electron chi connectivity index (χ4n) is 2.78. The minimum absolute atomic E-state index is 0.129. The molecule has 1 heterocycles. The Morgan fingerprint density at radius 1 is 1.40 bits per heavy atom. The molecule has 0 aromatic heterocycles. The van der Waals surface area contributed by atoms with Crippen molar-refractivity contribution in [2.75, 3.05) is 19.6 Å². The van der Waals surface area contributed by atoms with Crippen LogP contribution in [0, 0.1) is 11.7 Å². The molecule has 0 radical (unpaired) electrons. The monoisotopic (exact) mass is 340 g/mol. The first kappa shape index (κ1) is 14.0. The number of carbonyl (C=O) groups is 1. The average Bonchev–Trinajstić information content (AvgIpc) is 3.18. The highest BCUT2D eigenvalue weighted by Gasteiger charge is 2.34. The molecule has 1 atom stereocenters. The molecule has 2 fully saturated rings. The highest BCUT2D eigenvalue weighted by Crippen LogP contribution is 2.31. The first-order valence-corrected chi connectivity index (χ1v) is 7.90. The third-order valence-electron chi connectivity index (χ3n) is 4.11. The molecule has 1 aliphatic heterocycles. The summed E-state index contributed by atoms with van der Waals surface area (Å²) < 4.78 is 13.5. The minimum atomic E-state index is -0.350. The van der Waals surface area contributed by atoms with Gasteiger partial charge in [-0.3, -0.25) is 4.79 Å². The number of hydrogen-bond acceptors (Lipinski definition) is 2. The van der Waals surface area contributed by atoms with Crippen LogP contribution in [0.4, 0.5) is 4.39 Å². The third kappa shape index (κ3) is 3.20. The lowest BCUT2D eigenvalue weighted by Gasteiger charge is -2.15. The van der Waals surface area contributed by atoms with Crippen LogP contribution in [0.3, 0.4) is 0 Å². The number of nitrogens with zero attached hydrogens (tertiary/aromatic N) is 1. The SMILES string of the molecule is O=C(NCC1CCN(C2CC2)C1)c1ccc(F)c(Br)c1. The van der Waals surface area contributed by atoms with Gasteiger partial charge < -0.3 is 10.2 Å². The van der Waals surface area contributed by atoms with E-state index in [4.69, 9.17) is 0 Å². The Morgan fingerprint density at radius 3 is 2.90 bits per heavy atom. The number of benzene rings is 1. The molecule has 108 valence electrons. The summed E-state index contributed by atoms with van der Waals surface area (Å²) in [6.07, 6.45) is 3.83. The van der Waals surface area contributed by atoms with E-state index in [1.807, 2.05) is 0 Å². The molecular formula is C15H18BrFN2O. The molecule has 1 unspecified atom stereocenters. The molecule has 2 aliphatic rings. The fraction of sp³-hybridized carbons (Fsp3) is 0.533. The van der Waals surface area contributed by atoms with Gasteiger partial charge >= 0.3 is 0 Å². The van der Waals surface area contributed by atoms with Gasteiger partial charge in [0.15, 0.2) is 0 Å². The maximum atomic E-state index is 13.1. The maximum absolute atomic E-state index is 13.1. The van der Waals surface area contributed by atoms with Crippen LogP contribution < -0.4 is 5.32 Å². The molecule has 3 rings (SSSR count). The predicted octanol–water partition coefficient (Wildman–Crippen LogP) is 2.80. The van der Waals surface area contributed by atoms with Crippen LogP contribution in [0.2, 0.25) is 0 Å². The average molecular weight is 341 g/mol. The second-order valence-corrected chi connectivity index (χ2v) is 6.57. The molecule has 5 heteroatoms. The Kier molecular flexibility index (Phi) is 4.08. The number of halogens is 2. The second kappa shape index (κ2) is 5.82. The highest BCUT2D eigenvalue weighted by atomic mass is 79.9. The van der Waals surface area contributed by atoms with Gasteiger partial charge in [-0.05, 0) is 65.9 Å². The zero-order valence-electron chi connectivity index (χ0n) is 11.2. The van der Waals surface area contributed by atoms with E-state index in [0.29, 0.717) is 22.5 Å². The highest BCUT2D eigenvalue weighted by molar-refractivity contribution is 9.10. The largest absolute Gasteiger partial charge is 0.352 e. The molecule has 1 saturated heterocycles. The van der Waals surface area contributed by atoms with E-state index < -0.39 is 0 Å². The van der Waals surface area contributed by atoms with Gasteiger partial charge in [0.05, 0.1) is 4.47 Å². The van der Waals surface area contributed by atoms with Crippen molar-refractivity contribution in [3.8, 4) is 0 Å². The summed E-state index contributed by atoms with van der Waals surface area (Å²) in [4.78, 5) is 14.6. The van der Waals surface area contributed by atoms with Crippen LogP contribution in [0.1, 0.15) is 29.6 Å². The van der Waals surface area contributed by atoms with Gasteiger partial charge in [-0.15, -0.1) is 0 Å². The molecule has 0 spiro atoms. The molecule has 1 aromatic carbocycles. The Morgan fingerprint density at radius 2 is 2.20 bits per heavy atom. The predicted molar refractivity (Wildman–Crippen MR) is 79.1 cm³/mol. The molecule has 1 saturated carbocycles. The topological polar surface area (TPSA) is 32.3 Å². The lowest BCUT2D eigenvalue weighted by atomic mass is 10.1. The van der Waals surface area contributed by atoms with Gasteiger partial charge in [-0.1, -0.05) is 0 Å². The minimum Gasteiger partial charge on any atom is -0.352 e. The second-order valence-electron chi connectivity index (χ2n) is 5.72. The summed E-state index contributed by atoms with van der Waals surface area (Å²) in [5.41, 5.74) is 0.496. The summed E-state index contributed by atoms with van der Waals surface area (Å²) in [6, 6.07) is 5.16. The van der Waals surface area contributed by atoms with Crippen molar-refractivity contribution < 1.29 is 9.18 Å².